The molecule has 0 atom stereocenters. The number of halogens is 1. The van der Waals surface area contributed by atoms with Crippen LogP contribution in [0.3, 0.4) is 0 Å². The van der Waals surface area contributed by atoms with Crippen LogP contribution in [0.5, 0.6) is 5.75 Å². The molecule has 0 saturated carbocycles. The molecule has 0 heterocycles. The van der Waals surface area contributed by atoms with Gasteiger partial charge in [-0.05, 0) is 28.1 Å². The van der Waals surface area contributed by atoms with Gasteiger partial charge >= 0.3 is 5.97 Å². The highest BCUT2D eigenvalue weighted by molar-refractivity contribution is 9.10. The van der Waals surface area contributed by atoms with Crippen molar-refractivity contribution >= 4 is 27.6 Å². The largest absolute Gasteiger partial charge is 0.496 e. The molecular formula is C13H10BrN3O3. The fraction of sp³-hybridized carbons (Fsp3) is 0.154. The van der Waals surface area contributed by atoms with Crippen LogP contribution in [0.1, 0.15) is 10.4 Å². The summed E-state index contributed by atoms with van der Waals surface area (Å²) in [6.45, 7) is 0. The zero-order valence-electron chi connectivity index (χ0n) is 10.7. The Hall–Kier alpha value is -2.51. The number of carbonyl (C=O) groups is 1. The minimum absolute atomic E-state index is 0.118. The monoisotopic (exact) mass is 335 g/mol. The molecule has 6 nitrogen and oxygen atoms in total. The highest BCUT2D eigenvalue weighted by Crippen LogP contribution is 2.32. The second-order valence-corrected chi connectivity index (χ2v) is 4.30. The van der Waals surface area contributed by atoms with Gasteiger partial charge in [-0.2, -0.15) is 10.5 Å². The van der Waals surface area contributed by atoms with Crippen LogP contribution in [-0.2, 0) is 4.74 Å². The summed E-state index contributed by atoms with van der Waals surface area (Å²) in [7, 11) is 2.73. The van der Waals surface area contributed by atoms with Crippen molar-refractivity contribution < 1.29 is 14.3 Å². The Morgan fingerprint density at radius 2 is 2.00 bits per heavy atom. The number of esters is 1. The number of methoxy groups -OCH3 is 2. The maximum atomic E-state index is 11.7. The van der Waals surface area contributed by atoms with E-state index in [1.54, 1.807) is 18.2 Å². The first-order valence-electron chi connectivity index (χ1n) is 5.30. The summed E-state index contributed by atoms with van der Waals surface area (Å²) < 4.78 is 10.4. The molecule has 0 aliphatic carbocycles. The third-order valence-electron chi connectivity index (χ3n) is 2.31. The third-order valence-corrected chi connectivity index (χ3v) is 2.93. The van der Waals surface area contributed by atoms with E-state index in [2.05, 4.69) is 26.0 Å². The van der Waals surface area contributed by atoms with Gasteiger partial charge in [-0.3, -0.25) is 0 Å². The molecule has 102 valence electrons. The summed E-state index contributed by atoms with van der Waals surface area (Å²) in [5.74, 6) is -0.108. The quantitative estimate of drug-likeness (QED) is 0.671. The lowest BCUT2D eigenvalue weighted by atomic mass is 10.1. The lowest BCUT2D eigenvalue weighted by Crippen LogP contribution is -2.06. The number of anilines is 1. The van der Waals surface area contributed by atoms with Crippen molar-refractivity contribution in [3.63, 3.8) is 0 Å². The number of ether oxygens (including phenoxy) is 2. The van der Waals surface area contributed by atoms with Gasteiger partial charge in [0.2, 0.25) is 0 Å². The van der Waals surface area contributed by atoms with Crippen LogP contribution < -0.4 is 10.1 Å². The smallest absolute Gasteiger partial charge is 0.340 e. The van der Waals surface area contributed by atoms with Gasteiger partial charge in [0, 0.05) is 6.20 Å². The summed E-state index contributed by atoms with van der Waals surface area (Å²) in [5.41, 5.74) is 0.485. The predicted molar refractivity (Wildman–Crippen MR) is 75.0 cm³/mol. The van der Waals surface area contributed by atoms with Crippen molar-refractivity contribution in [3.05, 3.63) is 33.9 Å². The molecule has 20 heavy (non-hydrogen) atoms. The molecular weight excluding hydrogens is 326 g/mol. The van der Waals surface area contributed by atoms with Gasteiger partial charge in [-0.15, -0.1) is 0 Å². The van der Waals surface area contributed by atoms with Crippen LogP contribution in [0.15, 0.2) is 28.4 Å². The van der Waals surface area contributed by atoms with Crippen molar-refractivity contribution in [2.75, 3.05) is 19.5 Å². The molecule has 0 bridgehead atoms. The lowest BCUT2D eigenvalue weighted by molar-refractivity contribution is 0.0601. The van der Waals surface area contributed by atoms with Crippen LogP contribution in [0.4, 0.5) is 5.69 Å². The molecule has 0 spiro atoms. The molecule has 1 aromatic carbocycles. The Morgan fingerprint density at radius 3 is 2.50 bits per heavy atom. The summed E-state index contributed by atoms with van der Waals surface area (Å²) in [5, 5.41) is 20.1. The zero-order chi connectivity index (χ0) is 15.1. The summed E-state index contributed by atoms with van der Waals surface area (Å²) in [4.78, 5) is 11.7. The average molecular weight is 336 g/mol. The van der Waals surface area contributed by atoms with E-state index < -0.39 is 5.97 Å². The number of nitriles is 2. The average Bonchev–Trinajstić information content (AvgIpc) is 2.47. The molecule has 0 aliphatic heterocycles. The van der Waals surface area contributed by atoms with Crippen molar-refractivity contribution in [3.8, 4) is 17.9 Å². The first-order chi connectivity index (χ1) is 9.57. The van der Waals surface area contributed by atoms with Gasteiger partial charge in [0.25, 0.3) is 0 Å². The highest BCUT2D eigenvalue weighted by atomic mass is 79.9. The Bertz CT molecular complexity index is 625. The van der Waals surface area contributed by atoms with Gasteiger partial charge in [-0.25, -0.2) is 4.79 Å². The minimum Gasteiger partial charge on any atom is -0.496 e. The van der Waals surface area contributed by atoms with Crippen molar-refractivity contribution in [1.82, 2.24) is 0 Å². The molecule has 0 aliphatic rings. The number of rotatable bonds is 4. The Kier molecular flexibility index (Phi) is 5.57. The standard InChI is InChI=1S/C13H10BrN3O3/c1-19-12-3-9(13(18)20-2)11(4-10(12)14)17-7-8(5-15)6-16/h3-4,7,17H,1-2H3. The lowest BCUT2D eigenvalue weighted by Gasteiger charge is -2.11. The first kappa shape index (κ1) is 15.5. The number of allylic oxidation sites excluding steroid dienone is 1. The zero-order valence-corrected chi connectivity index (χ0v) is 12.3. The fourth-order valence-electron chi connectivity index (χ4n) is 1.35. The van der Waals surface area contributed by atoms with E-state index in [0.717, 1.165) is 0 Å². The van der Waals surface area contributed by atoms with E-state index in [-0.39, 0.29) is 11.1 Å². The van der Waals surface area contributed by atoms with Crippen LogP contribution in [0, 0.1) is 22.7 Å². The van der Waals surface area contributed by atoms with E-state index in [9.17, 15) is 4.79 Å². The molecule has 0 fully saturated rings. The second-order valence-electron chi connectivity index (χ2n) is 3.45. The van der Waals surface area contributed by atoms with Gasteiger partial charge in [0.1, 0.15) is 23.5 Å². The normalized spacial score (nSPS) is 8.85. The number of benzene rings is 1. The van der Waals surface area contributed by atoms with Crippen LogP contribution in [0.2, 0.25) is 0 Å². The number of nitrogens with zero attached hydrogens (tertiary/aromatic N) is 2. The predicted octanol–water partition coefficient (Wildman–Crippen LogP) is 2.59. The third kappa shape index (κ3) is 3.50. The van der Waals surface area contributed by atoms with E-state index in [0.29, 0.717) is 15.9 Å². The minimum atomic E-state index is -0.567. The topological polar surface area (TPSA) is 95.1 Å². The maximum Gasteiger partial charge on any atom is 0.340 e. The summed E-state index contributed by atoms with van der Waals surface area (Å²) >= 11 is 3.29. The molecule has 0 aromatic heterocycles. The molecule has 0 amide bonds. The van der Waals surface area contributed by atoms with Gasteiger partial charge < -0.3 is 14.8 Å². The van der Waals surface area contributed by atoms with E-state index in [4.69, 9.17) is 15.3 Å². The molecule has 1 aromatic rings. The Morgan fingerprint density at radius 1 is 1.35 bits per heavy atom. The number of hydrogen-bond donors (Lipinski definition) is 1. The van der Waals surface area contributed by atoms with E-state index >= 15 is 0 Å². The van der Waals surface area contributed by atoms with E-state index in [1.807, 2.05) is 0 Å². The summed E-state index contributed by atoms with van der Waals surface area (Å²) in [6.07, 6.45) is 1.21. The molecule has 1 N–H and O–H groups in total. The molecule has 7 heteroatoms. The van der Waals surface area contributed by atoms with Gasteiger partial charge in [0.15, 0.2) is 0 Å². The van der Waals surface area contributed by atoms with Crippen LogP contribution in [-0.4, -0.2) is 20.2 Å². The highest BCUT2D eigenvalue weighted by Gasteiger charge is 2.15. The fourth-order valence-corrected chi connectivity index (χ4v) is 1.85. The molecule has 0 unspecified atom stereocenters. The van der Waals surface area contributed by atoms with Crippen LogP contribution >= 0.6 is 15.9 Å². The maximum absolute atomic E-state index is 11.7. The van der Waals surface area contributed by atoms with Crippen molar-refractivity contribution in [1.29, 1.82) is 10.5 Å². The molecule has 0 saturated heterocycles. The van der Waals surface area contributed by atoms with Gasteiger partial charge in [0.05, 0.1) is 29.9 Å². The summed E-state index contributed by atoms with van der Waals surface area (Å²) in [6, 6.07) is 6.50. The Balaban J connectivity index is 3.28. The van der Waals surface area contributed by atoms with Crippen LogP contribution in [0.25, 0.3) is 0 Å². The molecule has 0 radical (unpaired) electrons. The van der Waals surface area contributed by atoms with E-state index in [1.165, 1.54) is 26.5 Å². The molecule has 1 rings (SSSR count). The second kappa shape index (κ2) is 7.17. The number of carbonyl (C=O) groups excluding carboxylic acids is 1. The number of hydrogen-bond acceptors (Lipinski definition) is 6. The SMILES string of the molecule is COC(=O)c1cc(OC)c(Br)cc1NC=C(C#N)C#N. The first-order valence-corrected chi connectivity index (χ1v) is 6.09. The van der Waals surface area contributed by atoms with Gasteiger partial charge in [-0.1, -0.05) is 0 Å². The van der Waals surface area contributed by atoms with Crippen molar-refractivity contribution in [2.24, 2.45) is 0 Å². The Labute approximate surface area is 124 Å². The number of nitrogens with one attached hydrogen (secondary N) is 1. The van der Waals surface area contributed by atoms with Crippen molar-refractivity contribution in [2.45, 2.75) is 0 Å².